The topological polar surface area (TPSA) is 51.2 Å². The molecule has 0 aliphatic carbocycles. The number of benzene rings is 1. The molecule has 2 aromatic rings. The second-order valence-corrected chi connectivity index (χ2v) is 4.87. The Labute approximate surface area is 112 Å². The molecular formula is C14H18N2OS. The summed E-state index contributed by atoms with van der Waals surface area (Å²) in [5.74, 6) is 0. The molecule has 0 radical (unpaired) electrons. The Kier molecular flexibility index (Phi) is 4.33. The second-order valence-electron chi connectivity index (χ2n) is 4.43. The van der Waals surface area contributed by atoms with E-state index in [2.05, 4.69) is 16.8 Å². The van der Waals surface area contributed by atoms with Gasteiger partial charge in [-0.15, -0.1) is 0 Å². The number of unbranched alkanes of at least 4 members (excludes halogenated alkanes) is 2. The molecule has 1 aromatic heterocycles. The molecule has 0 atom stereocenters. The fourth-order valence-electron chi connectivity index (χ4n) is 2.10. The van der Waals surface area contributed by atoms with E-state index in [4.69, 9.17) is 23.1 Å². The van der Waals surface area contributed by atoms with Gasteiger partial charge < -0.3 is 15.4 Å². The summed E-state index contributed by atoms with van der Waals surface area (Å²) in [6, 6.07) is 8.16. The maximum absolute atomic E-state index is 8.76. The van der Waals surface area contributed by atoms with Gasteiger partial charge in [-0.25, -0.2) is 0 Å². The van der Waals surface area contributed by atoms with Gasteiger partial charge in [0.2, 0.25) is 0 Å². The molecule has 0 saturated carbocycles. The normalized spacial score (nSPS) is 10.9. The third-order valence-corrected chi connectivity index (χ3v) is 3.35. The molecule has 96 valence electrons. The number of aliphatic hydroxyl groups is 1. The summed E-state index contributed by atoms with van der Waals surface area (Å²) in [4.78, 5) is 0.435. The summed E-state index contributed by atoms with van der Waals surface area (Å²) in [5.41, 5.74) is 7.74. The molecule has 0 saturated heterocycles. The lowest BCUT2D eigenvalue weighted by Gasteiger charge is -2.06. The molecule has 1 heterocycles. The van der Waals surface area contributed by atoms with Gasteiger partial charge in [0.1, 0.15) is 4.99 Å². The maximum atomic E-state index is 8.76. The fraction of sp³-hybridized carbons (Fsp3) is 0.357. The van der Waals surface area contributed by atoms with E-state index in [9.17, 15) is 0 Å². The highest BCUT2D eigenvalue weighted by atomic mass is 32.1. The van der Waals surface area contributed by atoms with E-state index in [1.807, 2.05) is 18.2 Å². The van der Waals surface area contributed by atoms with Gasteiger partial charge in [0, 0.05) is 30.4 Å². The molecule has 3 nitrogen and oxygen atoms in total. The van der Waals surface area contributed by atoms with E-state index >= 15 is 0 Å². The van der Waals surface area contributed by atoms with Crippen molar-refractivity contribution < 1.29 is 5.11 Å². The lowest BCUT2D eigenvalue weighted by atomic mass is 10.1. The van der Waals surface area contributed by atoms with Crippen molar-refractivity contribution in [3.05, 3.63) is 36.0 Å². The van der Waals surface area contributed by atoms with Gasteiger partial charge in [-0.05, 0) is 36.8 Å². The predicted octanol–water partition coefficient (Wildman–Crippen LogP) is 2.44. The van der Waals surface area contributed by atoms with E-state index < -0.39 is 0 Å². The van der Waals surface area contributed by atoms with Crippen molar-refractivity contribution >= 4 is 28.1 Å². The molecule has 3 N–H and O–H groups in total. The maximum Gasteiger partial charge on any atom is 0.104 e. The first kappa shape index (κ1) is 13.1. The zero-order valence-electron chi connectivity index (χ0n) is 10.3. The van der Waals surface area contributed by atoms with E-state index in [1.165, 1.54) is 10.9 Å². The number of thiocarbonyl (C=S) groups is 1. The first-order valence-electron chi connectivity index (χ1n) is 6.22. The Morgan fingerprint density at radius 1 is 1.22 bits per heavy atom. The van der Waals surface area contributed by atoms with Gasteiger partial charge in [0.15, 0.2) is 0 Å². The molecule has 1 aromatic carbocycles. The Balaban J connectivity index is 2.17. The van der Waals surface area contributed by atoms with Gasteiger partial charge in [-0.3, -0.25) is 0 Å². The molecule has 0 unspecified atom stereocenters. The number of aliphatic hydroxyl groups excluding tert-OH is 1. The smallest absolute Gasteiger partial charge is 0.104 e. The highest BCUT2D eigenvalue weighted by molar-refractivity contribution is 7.80. The molecule has 18 heavy (non-hydrogen) atoms. The molecule has 0 fully saturated rings. The summed E-state index contributed by atoms with van der Waals surface area (Å²) in [6.07, 6.45) is 5.08. The van der Waals surface area contributed by atoms with Crippen molar-refractivity contribution in [1.29, 1.82) is 0 Å². The van der Waals surface area contributed by atoms with E-state index in [0.29, 0.717) is 4.99 Å². The number of aryl methyl sites for hydroxylation is 1. The van der Waals surface area contributed by atoms with Crippen LogP contribution < -0.4 is 5.73 Å². The van der Waals surface area contributed by atoms with Gasteiger partial charge in [-0.1, -0.05) is 24.4 Å². The van der Waals surface area contributed by atoms with Crippen LogP contribution in [0.3, 0.4) is 0 Å². The Morgan fingerprint density at radius 3 is 2.78 bits per heavy atom. The van der Waals surface area contributed by atoms with Crippen LogP contribution in [-0.2, 0) is 6.54 Å². The van der Waals surface area contributed by atoms with Crippen LogP contribution in [0.1, 0.15) is 24.8 Å². The van der Waals surface area contributed by atoms with Gasteiger partial charge in [0.05, 0.1) is 0 Å². The number of rotatable bonds is 6. The van der Waals surface area contributed by atoms with Gasteiger partial charge in [-0.2, -0.15) is 0 Å². The third kappa shape index (κ3) is 2.89. The van der Waals surface area contributed by atoms with Crippen LogP contribution in [0.5, 0.6) is 0 Å². The number of hydrogen-bond donors (Lipinski definition) is 2. The van der Waals surface area contributed by atoms with Crippen molar-refractivity contribution in [3.8, 4) is 0 Å². The first-order chi connectivity index (χ1) is 8.72. The van der Waals surface area contributed by atoms with Crippen LogP contribution in [0.25, 0.3) is 10.9 Å². The SMILES string of the molecule is NC(=S)c1ccc2ccn(CCCCCO)c2c1. The highest BCUT2D eigenvalue weighted by Crippen LogP contribution is 2.18. The lowest BCUT2D eigenvalue weighted by molar-refractivity contribution is 0.282. The summed E-state index contributed by atoms with van der Waals surface area (Å²) in [6.45, 7) is 1.24. The van der Waals surface area contributed by atoms with E-state index in [-0.39, 0.29) is 6.61 Å². The minimum atomic E-state index is 0.276. The number of nitrogens with zero attached hydrogens (tertiary/aromatic N) is 1. The minimum absolute atomic E-state index is 0.276. The van der Waals surface area contributed by atoms with Crippen LogP contribution in [0.15, 0.2) is 30.5 Å². The largest absolute Gasteiger partial charge is 0.396 e. The molecule has 0 aliphatic rings. The summed E-state index contributed by atoms with van der Waals surface area (Å²) in [7, 11) is 0. The van der Waals surface area contributed by atoms with Crippen LogP contribution in [-0.4, -0.2) is 21.3 Å². The monoisotopic (exact) mass is 262 g/mol. The molecule has 0 bridgehead atoms. The fourth-order valence-corrected chi connectivity index (χ4v) is 2.23. The Hall–Kier alpha value is -1.39. The first-order valence-corrected chi connectivity index (χ1v) is 6.63. The van der Waals surface area contributed by atoms with Gasteiger partial charge in [0.25, 0.3) is 0 Å². The zero-order valence-corrected chi connectivity index (χ0v) is 11.1. The number of hydrogen-bond acceptors (Lipinski definition) is 2. The van der Waals surface area contributed by atoms with Crippen molar-refractivity contribution in [2.24, 2.45) is 5.73 Å². The summed E-state index contributed by atoms with van der Waals surface area (Å²) in [5, 5.41) is 9.96. The average molecular weight is 262 g/mol. The highest BCUT2D eigenvalue weighted by Gasteiger charge is 2.03. The van der Waals surface area contributed by atoms with Crippen LogP contribution in [0, 0.1) is 0 Å². The van der Waals surface area contributed by atoms with Crippen LogP contribution in [0.4, 0.5) is 0 Å². The Bertz CT molecular complexity index is 548. The molecule has 0 amide bonds. The van der Waals surface area contributed by atoms with Crippen molar-refractivity contribution in [2.75, 3.05) is 6.61 Å². The van der Waals surface area contributed by atoms with Crippen LogP contribution >= 0.6 is 12.2 Å². The summed E-state index contributed by atoms with van der Waals surface area (Å²) >= 11 is 5.00. The van der Waals surface area contributed by atoms with Gasteiger partial charge >= 0.3 is 0 Å². The third-order valence-electron chi connectivity index (χ3n) is 3.12. The number of fused-ring (bicyclic) bond motifs is 1. The Morgan fingerprint density at radius 2 is 2.06 bits per heavy atom. The molecule has 0 spiro atoms. The van der Waals surface area contributed by atoms with Crippen molar-refractivity contribution in [2.45, 2.75) is 25.8 Å². The average Bonchev–Trinajstić information content (AvgIpc) is 2.77. The molecule has 0 aliphatic heterocycles. The standard InChI is InChI=1S/C14H18N2OS/c15-14(18)12-5-4-11-6-8-16(13(11)10-12)7-2-1-3-9-17/h4-6,8,10,17H,1-3,7,9H2,(H2,15,18). The molecule has 2 rings (SSSR count). The summed E-state index contributed by atoms with van der Waals surface area (Å²) < 4.78 is 2.22. The minimum Gasteiger partial charge on any atom is -0.396 e. The zero-order chi connectivity index (χ0) is 13.0. The quantitative estimate of drug-likeness (QED) is 0.621. The molecular weight excluding hydrogens is 244 g/mol. The molecule has 4 heteroatoms. The lowest BCUT2D eigenvalue weighted by Crippen LogP contribution is -2.09. The number of aromatic nitrogens is 1. The van der Waals surface area contributed by atoms with Crippen molar-refractivity contribution in [1.82, 2.24) is 4.57 Å². The van der Waals surface area contributed by atoms with E-state index in [1.54, 1.807) is 0 Å². The number of nitrogens with two attached hydrogens (primary N) is 1. The second kappa shape index (κ2) is 5.98. The predicted molar refractivity (Wildman–Crippen MR) is 78.8 cm³/mol. The van der Waals surface area contributed by atoms with E-state index in [0.717, 1.165) is 31.4 Å². The van der Waals surface area contributed by atoms with Crippen LogP contribution in [0.2, 0.25) is 0 Å². The van der Waals surface area contributed by atoms with Crippen molar-refractivity contribution in [3.63, 3.8) is 0 Å².